The van der Waals surface area contributed by atoms with E-state index in [-0.39, 0.29) is 32.1 Å². The summed E-state index contributed by atoms with van der Waals surface area (Å²) in [6.07, 6.45) is 43.2. The molecule has 0 fully saturated rings. The lowest BCUT2D eigenvalue weighted by Crippen LogP contribution is -2.52. The lowest BCUT2D eigenvalue weighted by atomic mass is 10.0. The van der Waals surface area contributed by atoms with Gasteiger partial charge in [-0.3, -0.25) is 24.0 Å². The van der Waals surface area contributed by atoms with E-state index in [0.717, 1.165) is 116 Å². The van der Waals surface area contributed by atoms with Crippen LogP contribution in [0.5, 0.6) is 0 Å². The van der Waals surface area contributed by atoms with Crippen molar-refractivity contribution in [3.05, 3.63) is 11.5 Å². The third-order valence-corrected chi connectivity index (χ3v) is 18.7. The molecule has 7 N–H and O–H groups in total. The number of unbranched alkanes of at least 4 members (excludes halogenated alkanes) is 42. The molecular weight excluding hydrogens is 1220 g/mol. The Hall–Kier alpha value is -3.19. The van der Waals surface area contributed by atoms with Gasteiger partial charge in [-0.25, -0.2) is 0 Å². The Morgan fingerprint density at radius 2 is 0.719 bits per heavy atom. The third kappa shape index (κ3) is 55.6. The van der Waals surface area contributed by atoms with E-state index in [9.17, 15) is 49.5 Å². The zero-order chi connectivity index (χ0) is 70.9. The largest absolute Gasteiger partial charge is 0.462 e. The summed E-state index contributed by atoms with van der Waals surface area (Å²) < 4.78 is 29.2. The normalized spacial score (nSPS) is 14.5. The van der Waals surface area contributed by atoms with Crippen molar-refractivity contribution in [2.75, 3.05) is 20.3 Å². The number of amides is 2. The van der Waals surface area contributed by atoms with Crippen LogP contribution in [0.25, 0.3) is 0 Å². The van der Waals surface area contributed by atoms with Crippen molar-refractivity contribution < 1.29 is 73.2 Å². The van der Waals surface area contributed by atoms with Crippen LogP contribution in [-0.4, -0.2) is 125 Å². The second kappa shape index (κ2) is 67.6. The van der Waals surface area contributed by atoms with E-state index in [1.165, 1.54) is 175 Å². The molecular formula is C79H150N2O15. The molecule has 0 aromatic carbocycles. The topological polar surface area (TPSA) is 257 Å². The van der Waals surface area contributed by atoms with Gasteiger partial charge in [0.1, 0.15) is 42.8 Å². The van der Waals surface area contributed by atoms with Gasteiger partial charge in [0.05, 0.1) is 38.0 Å². The predicted molar refractivity (Wildman–Crippen MR) is 389 cm³/mol. The first-order chi connectivity index (χ1) is 46.6. The molecule has 8 atom stereocenters. The summed E-state index contributed by atoms with van der Waals surface area (Å²) in [5, 5.41) is 61.5. The number of rotatable bonds is 72. The Morgan fingerprint density at radius 1 is 0.385 bits per heavy atom. The van der Waals surface area contributed by atoms with Crippen LogP contribution in [0.2, 0.25) is 0 Å². The number of hydrogen-bond donors (Lipinski definition) is 7. The van der Waals surface area contributed by atoms with E-state index in [1.54, 1.807) is 0 Å². The summed E-state index contributed by atoms with van der Waals surface area (Å²) in [5.41, 5.74) is -0.533. The van der Waals surface area contributed by atoms with Gasteiger partial charge in [0.15, 0.2) is 12.0 Å². The summed E-state index contributed by atoms with van der Waals surface area (Å²) in [6, 6.07) is -1.01. The zero-order valence-electron chi connectivity index (χ0n) is 62.7. The first-order valence-corrected chi connectivity index (χ1v) is 40.0. The fourth-order valence-electron chi connectivity index (χ4n) is 12.5. The van der Waals surface area contributed by atoms with Gasteiger partial charge in [0.25, 0.3) is 0 Å². The number of aliphatic hydroxyl groups is 5. The SMILES string of the molecule is CCCCCCCCCCCCCC(=O)O[C@H](CCCCCCCCCCC)CC(=O)O/C(CO)=C(/NC(=O)C[C@@H](CCCCCCCCCCC)OC(=O)CCCCCCCCCCC)[C@@H](O)OCC(OC)C(O)C(O)C(C)NC(=O)C[C@H](O)CCCCCCCCCCC. The molecule has 4 unspecified atom stereocenters. The van der Waals surface area contributed by atoms with E-state index in [1.807, 2.05) is 0 Å². The number of ether oxygens (including phenoxy) is 5. The molecule has 0 aromatic heterocycles. The minimum absolute atomic E-state index is 0.182. The predicted octanol–water partition coefficient (Wildman–Crippen LogP) is 18.2. The minimum atomic E-state index is -2.14. The summed E-state index contributed by atoms with van der Waals surface area (Å²) in [4.78, 5) is 68.3. The number of methoxy groups -OCH3 is 1. The first-order valence-electron chi connectivity index (χ1n) is 40.0. The summed E-state index contributed by atoms with van der Waals surface area (Å²) >= 11 is 0. The highest BCUT2D eigenvalue weighted by atomic mass is 16.6. The highest BCUT2D eigenvalue weighted by molar-refractivity contribution is 5.79. The van der Waals surface area contributed by atoms with E-state index >= 15 is 0 Å². The summed E-state index contributed by atoms with van der Waals surface area (Å²) in [5.74, 6) is -3.50. The van der Waals surface area contributed by atoms with Crippen molar-refractivity contribution in [2.24, 2.45) is 0 Å². The molecule has 0 aliphatic heterocycles. The van der Waals surface area contributed by atoms with Crippen molar-refractivity contribution in [3.8, 4) is 0 Å². The van der Waals surface area contributed by atoms with Crippen molar-refractivity contribution in [1.82, 2.24) is 10.6 Å². The highest BCUT2D eigenvalue weighted by Gasteiger charge is 2.34. The molecule has 0 saturated heterocycles. The van der Waals surface area contributed by atoms with Crippen LogP contribution < -0.4 is 10.6 Å². The van der Waals surface area contributed by atoms with Crippen LogP contribution in [0.15, 0.2) is 11.5 Å². The number of esters is 3. The maximum absolute atomic E-state index is 14.3. The Bertz CT molecular complexity index is 1850. The van der Waals surface area contributed by atoms with Crippen LogP contribution in [0.4, 0.5) is 0 Å². The van der Waals surface area contributed by atoms with Gasteiger partial charge in [-0.15, -0.1) is 0 Å². The molecule has 17 heteroatoms. The van der Waals surface area contributed by atoms with Gasteiger partial charge in [-0.2, -0.15) is 0 Å². The average molecular weight is 1370 g/mol. The fraction of sp³-hybridized carbons (Fsp3) is 0.911. The quantitative estimate of drug-likeness (QED) is 0.00982. The van der Waals surface area contributed by atoms with E-state index < -0.39 is 103 Å². The minimum Gasteiger partial charge on any atom is -0.462 e. The molecule has 0 bridgehead atoms. The Labute approximate surface area is 586 Å². The molecule has 0 aliphatic rings. The highest BCUT2D eigenvalue weighted by Crippen LogP contribution is 2.23. The molecule has 0 radical (unpaired) electrons. The molecule has 2 amide bonds. The standard InChI is InChI=1S/C79H150N2O15/c1-8-13-18-23-28-33-34-39-44-49-54-59-74(87)95-68(57-52-47-42-37-31-26-21-16-11-4)62-75(88)96-69(63-82)76(79(91)93-64-70(92-7)78(90)77(89)65(6)80-71(84)60-66(83)55-50-45-40-35-29-24-19-14-9-2)81-72(85)61-67(56-51-46-41-36-30-25-20-15-10-3)94-73(86)58-53-48-43-38-32-27-22-17-12-5/h65-68,70,77-79,82-83,89-91H,8-64H2,1-7H3,(H,80,84)(H,81,85)/b76-69+/t65?,66-,67-,68-,70?,77?,78?,79+/m1/s1. The van der Waals surface area contributed by atoms with Gasteiger partial charge in [-0.1, -0.05) is 311 Å². The molecule has 566 valence electrons. The number of nitrogens with one attached hydrogen (secondary N) is 2. The number of carbonyl (C=O) groups is 5. The van der Waals surface area contributed by atoms with Crippen LogP contribution in [0.1, 0.15) is 395 Å². The van der Waals surface area contributed by atoms with Crippen LogP contribution in [0.3, 0.4) is 0 Å². The summed E-state index contributed by atoms with van der Waals surface area (Å²) in [7, 11) is 1.25. The molecule has 0 aliphatic carbocycles. The smallest absolute Gasteiger partial charge is 0.314 e. The monoisotopic (exact) mass is 1370 g/mol. The number of carbonyl (C=O) groups excluding carboxylic acids is 5. The van der Waals surface area contributed by atoms with Crippen molar-refractivity contribution in [2.45, 2.75) is 444 Å². The molecule has 0 heterocycles. The van der Waals surface area contributed by atoms with Crippen molar-refractivity contribution in [3.63, 3.8) is 0 Å². The Balaban J connectivity index is 6.66. The maximum Gasteiger partial charge on any atom is 0.314 e. The van der Waals surface area contributed by atoms with Crippen LogP contribution in [-0.2, 0) is 47.7 Å². The van der Waals surface area contributed by atoms with E-state index in [0.29, 0.717) is 44.9 Å². The first kappa shape index (κ1) is 92.8. The van der Waals surface area contributed by atoms with Crippen LogP contribution in [0, 0.1) is 0 Å². The summed E-state index contributed by atoms with van der Waals surface area (Å²) in [6.45, 7) is 10.9. The fourth-order valence-corrected chi connectivity index (χ4v) is 12.5. The maximum atomic E-state index is 14.3. The lowest BCUT2D eigenvalue weighted by Gasteiger charge is -2.30. The van der Waals surface area contributed by atoms with Gasteiger partial charge >= 0.3 is 17.9 Å². The Kier molecular flexibility index (Phi) is 65.4. The van der Waals surface area contributed by atoms with E-state index in [4.69, 9.17) is 23.7 Å². The molecule has 0 saturated carbocycles. The average Bonchev–Trinajstić information content (AvgIpc) is 1.53. The van der Waals surface area contributed by atoms with Gasteiger partial charge in [0, 0.05) is 20.0 Å². The van der Waals surface area contributed by atoms with Crippen molar-refractivity contribution >= 4 is 29.7 Å². The molecule has 0 aromatic rings. The zero-order valence-corrected chi connectivity index (χ0v) is 62.7. The van der Waals surface area contributed by atoms with E-state index in [2.05, 4.69) is 45.3 Å². The Morgan fingerprint density at radius 3 is 1.07 bits per heavy atom. The van der Waals surface area contributed by atoms with Crippen LogP contribution >= 0.6 is 0 Å². The second-order valence-corrected chi connectivity index (χ2v) is 28.0. The number of aliphatic hydroxyl groups excluding tert-OH is 5. The lowest BCUT2D eigenvalue weighted by molar-refractivity contribution is -0.157. The molecule has 0 rings (SSSR count). The van der Waals surface area contributed by atoms with Gasteiger partial charge in [0.2, 0.25) is 11.8 Å². The second-order valence-electron chi connectivity index (χ2n) is 28.0. The molecule has 96 heavy (non-hydrogen) atoms. The molecule has 17 nitrogen and oxygen atoms in total. The number of hydrogen-bond acceptors (Lipinski definition) is 15. The molecule has 0 spiro atoms. The third-order valence-electron chi connectivity index (χ3n) is 18.7. The van der Waals surface area contributed by atoms with Crippen molar-refractivity contribution in [1.29, 1.82) is 0 Å². The van der Waals surface area contributed by atoms with Gasteiger partial charge < -0.3 is 59.9 Å². The van der Waals surface area contributed by atoms with Gasteiger partial charge in [-0.05, 0) is 51.9 Å².